The van der Waals surface area contributed by atoms with Gasteiger partial charge >= 0.3 is 0 Å². The number of benzene rings is 1. The summed E-state index contributed by atoms with van der Waals surface area (Å²) < 4.78 is 0. The molecule has 2 rings (SSSR count). The van der Waals surface area contributed by atoms with Crippen LogP contribution in [0.3, 0.4) is 0 Å². The smallest absolute Gasteiger partial charge is 0.191 e. The Kier molecular flexibility index (Phi) is 9.05. The van der Waals surface area contributed by atoms with Crippen LogP contribution in [0.25, 0.3) is 0 Å². The third kappa shape index (κ3) is 6.24. The number of aryl methyl sites for hydroxylation is 1. The summed E-state index contributed by atoms with van der Waals surface area (Å²) in [4.78, 5) is 6.95. The van der Waals surface area contributed by atoms with Gasteiger partial charge in [0.15, 0.2) is 5.96 Å². The second-order valence-electron chi connectivity index (χ2n) is 7.07. The summed E-state index contributed by atoms with van der Waals surface area (Å²) in [6, 6.07) is 8.46. The molecule has 0 saturated carbocycles. The highest BCUT2D eigenvalue weighted by Crippen LogP contribution is 2.19. The highest BCUT2D eigenvalue weighted by atomic mass is 127. The molecule has 5 heteroatoms. The van der Waals surface area contributed by atoms with E-state index >= 15 is 0 Å². The number of guanidine groups is 1. The Morgan fingerprint density at radius 3 is 2.42 bits per heavy atom. The first-order valence-corrected chi connectivity index (χ1v) is 8.77. The molecule has 0 unspecified atom stereocenters. The molecular weight excluding hydrogens is 411 g/mol. The zero-order chi connectivity index (χ0) is 16.7. The number of rotatable bonds is 5. The van der Waals surface area contributed by atoms with Gasteiger partial charge in [-0.2, -0.15) is 0 Å². The van der Waals surface area contributed by atoms with Crippen LogP contribution in [-0.4, -0.2) is 43.1 Å². The highest BCUT2D eigenvalue weighted by molar-refractivity contribution is 14.0. The quantitative estimate of drug-likeness (QED) is 0.415. The van der Waals surface area contributed by atoms with E-state index in [9.17, 15) is 0 Å². The van der Waals surface area contributed by atoms with Crippen molar-refractivity contribution in [1.29, 1.82) is 0 Å². The third-order valence-electron chi connectivity index (χ3n) is 4.83. The summed E-state index contributed by atoms with van der Waals surface area (Å²) in [5.74, 6) is 0.873. The van der Waals surface area contributed by atoms with Gasteiger partial charge < -0.3 is 10.6 Å². The molecule has 1 saturated heterocycles. The number of nitrogens with zero attached hydrogens (tertiary/aromatic N) is 2. The fraction of sp³-hybridized carbons (Fsp3) is 0.632. The lowest BCUT2D eigenvalue weighted by atomic mass is 9.98. The molecule has 0 spiro atoms. The van der Waals surface area contributed by atoms with Crippen molar-refractivity contribution >= 4 is 29.9 Å². The standard InChI is InChI=1S/C19H32N4.HI/c1-16-10-6-7-11-17(16)14-21-18(20-4)22-15-19(2,3)23-12-8-5-9-13-23;/h6-7,10-11H,5,8-9,12-15H2,1-4H3,(H2,20,21,22);1H. The van der Waals surface area contributed by atoms with Gasteiger partial charge in [0.05, 0.1) is 0 Å². The summed E-state index contributed by atoms with van der Waals surface area (Å²) in [5.41, 5.74) is 2.77. The first-order chi connectivity index (χ1) is 11.0. The molecule has 1 aliphatic rings. The molecule has 0 atom stereocenters. The molecular formula is C19H33IN4. The number of likely N-dealkylation sites (tertiary alicyclic amines) is 1. The van der Waals surface area contributed by atoms with Crippen molar-refractivity contribution in [3.05, 3.63) is 35.4 Å². The van der Waals surface area contributed by atoms with Gasteiger partial charge in [0.2, 0.25) is 0 Å². The Balaban J connectivity index is 0.00000288. The Morgan fingerprint density at radius 1 is 1.12 bits per heavy atom. The molecule has 2 N–H and O–H groups in total. The summed E-state index contributed by atoms with van der Waals surface area (Å²) in [5, 5.41) is 6.92. The van der Waals surface area contributed by atoms with Crippen molar-refractivity contribution in [1.82, 2.24) is 15.5 Å². The average Bonchev–Trinajstić information content (AvgIpc) is 2.57. The molecule has 0 aliphatic carbocycles. The van der Waals surface area contributed by atoms with Crippen molar-refractivity contribution in [2.75, 3.05) is 26.7 Å². The Hall–Kier alpha value is -0.820. The predicted molar refractivity (Wildman–Crippen MR) is 114 cm³/mol. The molecule has 1 fully saturated rings. The number of hydrogen-bond acceptors (Lipinski definition) is 2. The minimum atomic E-state index is 0. The summed E-state index contributed by atoms with van der Waals surface area (Å²) in [6.07, 6.45) is 4.02. The Bertz CT molecular complexity index is 522. The van der Waals surface area contributed by atoms with Gasteiger partial charge in [-0.15, -0.1) is 24.0 Å². The maximum atomic E-state index is 4.36. The van der Waals surface area contributed by atoms with Gasteiger partial charge in [0, 0.05) is 25.7 Å². The van der Waals surface area contributed by atoms with Gasteiger partial charge in [-0.05, 0) is 57.8 Å². The Labute approximate surface area is 164 Å². The highest BCUT2D eigenvalue weighted by Gasteiger charge is 2.27. The van der Waals surface area contributed by atoms with E-state index in [-0.39, 0.29) is 29.5 Å². The maximum Gasteiger partial charge on any atom is 0.191 e. The lowest BCUT2D eigenvalue weighted by Crippen LogP contribution is -2.54. The van der Waals surface area contributed by atoms with Crippen LogP contribution >= 0.6 is 24.0 Å². The van der Waals surface area contributed by atoms with Crippen LogP contribution in [0.2, 0.25) is 0 Å². The summed E-state index contributed by atoms with van der Waals surface area (Å²) in [6.45, 7) is 10.9. The van der Waals surface area contributed by atoms with Crippen LogP contribution in [0, 0.1) is 6.92 Å². The van der Waals surface area contributed by atoms with Gasteiger partial charge in [0.25, 0.3) is 0 Å². The van der Waals surface area contributed by atoms with Gasteiger partial charge in [0.1, 0.15) is 0 Å². The maximum absolute atomic E-state index is 4.36. The van der Waals surface area contributed by atoms with Crippen molar-refractivity contribution in [2.24, 2.45) is 4.99 Å². The van der Waals surface area contributed by atoms with E-state index in [4.69, 9.17) is 0 Å². The van der Waals surface area contributed by atoms with Crippen LogP contribution in [0.1, 0.15) is 44.2 Å². The molecule has 1 aromatic rings. The summed E-state index contributed by atoms with van der Waals surface area (Å²) >= 11 is 0. The molecule has 24 heavy (non-hydrogen) atoms. The monoisotopic (exact) mass is 444 g/mol. The number of nitrogens with one attached hydrogen (secondary N) is 2. The third-order valence-corrected chi connectivity index (χ3v) is 4.83. The van der Waals surface area contributed by atoms with E-state index in [2.05, 4.69) is 65.6 Å². The van der Waals surface area contributed by atoms with E-state index in [0.29, 0.717) is 0 Å². The predicted octanol–water partition coefficient (Wildman–Crippen LogP) is 3.54. The van der Waals surface area contributed by atoms with Gasteiger partial charge in [-0.1, -0.05) is 30.7 Å². The van der Waals surface area contributed by atoms with Crippen molar-refractivity contribution in [2.45, 2.75) is 52.1 Å². The summed E-state index contributed by atoms with van der Waals surface area (Å²) in [7, 11) is 1.83. The van der Waals surface area contributed by atoms with E-state index in [1.54, 1.807) is 0 Å². The molecule has 0 aromatic heterocycles. The van der Waals surface area contributed by atoms with E-state index in [0.717, 1.165) is 19.0 Å². The van der Waals surface area contributed by atoms with Gasteiger partial charge in [-0.25, -0.2) is 0 Å². The second-order valence-corrected chi connectivity index (χ2v) is 7.07. The fourth-order valence-electron chi connectivity index (χ4n) is 3.12. The molecule has 0 radical (unpaired) electrons. The number of piperidine rings is 1. The zero-order valence-electron chi connectivity index (χ0n) is 15.6. The average molecular weight is 444 g/mol. The number of hydrogen-bond donors (Lipinski definition) is 2. The lowest BCUT2D eigenvalue weighted by Gasteiger charge is -2.41. The Morgan fingerprint density at radius 2 is 1.79 bits per heavy atom. The van der Waals surface area contributed by atoms with Crippen molar-refractivity contribution < 1.29 is 0 Å². The molecule has 1 aliphatic heterocycles. The molecule has 136 valence electrons. The SMILES string of the molecule is CN=C(NCc1ccccc1C)NCC(C)(C)N1CCCCC1.I. The molecule has 0 amide bonds. The van der Waals surface area contributed by atoms with Crippen LogP contribution in [0.4, 0.5) is 0 Å². The largest absolute Gasteiger partial charge is 0.355 e. The molecule has 1 heterocycles. The zero-order valence-corrected chi connectivity index (χ0v) is 17.9. The van der Waals surface area contributed by atoms with Gasteiger partial charge in [-0.3, -0.25) is 9.89 Å². The van der Waals surface area contributed by atoms with E-state index in [1.807, 2.05) is 7.05 Å². The minimum absolute atomic E-state index is 0. The topological polar surface area (TPSA) is 39.7 Å². The minimum Gasteiger partial charge on any atom is -0.355 e. The van der Waals surface area contributed by atoms with Crippen LogP contribution in [-0.2, 0) is 6.54 Å². The number of aliphatic imine (C=N–C) groups is 1. The van der Waals surface area contributed by atoms with Crippen molar-refractivity contribution in [3.63, 3.8) is 0 Å². The molecule has 4 nitrogen and oxygen atoms in total. The van der Waals surface area contributed by atoms with Crippen LogP contribution in [0.15, 0.2) is 29.3 Å². The fourth-order valence-corrected chi connectivity index (χ4v) is 3.12. The molecule has 1 aromatic carbocycles. The number of halogens is 1. The lowest BCUT2D eigenvalue weighted by molar-refractivity contribution is 0.0982. The van der Waals surface area contributed by atoms with E-state index < -0.39 is 0 Å². The van der Waals surface area contributed by atoms with Crippen molar-refractivity contribution in [3.8, 4) is 0 Å². The second kappa shape index (κ2) is 10.2. The van der Waals surface area contributed by atoms with E-state index in [1.165, 1.54) is 43.5 Å². The van der Waals surface area contributed by atoms with Crippen LogP contribution in [0.5, 0.6) is 0 Å². The first-order valence-electron chi connectivity index (χ1n) is 8.77. The van der Waals surface area contributed by atoms with Crippen LogP contribution < -0.4 is 10.6 Å². The normalized spacial score (nSPS) is 16.4. The molecule has 0 bridgehead atoms. The first kappa shape index (κ1) is 21.2.